The Balaban J connectivity index is 1.76. The van der Waals surface area contributed by atoms with Gasteiger partial charge in [-0.25, -0.2) is 0 Å². The van der Waals surface area contributed by atoms with Crippen LogP contribution >= 0.6 is 11.3 Å². The molecule has 1 aromatic heterocycles. The largest absolute Gasteiger partial charge is 0.447 e. The summed E-state index contributed by atoms with van der Waals surface area (Å²) in [4.78, 5) is 2.69. The molecule has 3 rings (SSSR count). The van der Waals surface area contributed by atoms with E-state index in [-0.39, 0.29) is 10.9 Å². The number of thiophene rings is 1. The number of benzene rings is 2. The topological polar surface area (TPSA) is 9.23 Å². The second kappa shape index (κ2) is 6.16. The Labute approximate surface area is 126 Å². The van der Waals surface area contributed by atoms with E-state index in [1.807, 2.05) is 29.6 Å². The third-order valence-corrected chi connectivity index (χ3v) is 5.69. The molecule has 3 heteroatoms. The molecule has 1 atom stereocenters. The lowest BCUT2D eigenvalue weighted by molar-refractivity contribution is 0.496. The molecule has 0 fully saturated rings. The molecule has 0 bridgehead atoms. The summed E-state index contributed by atoms with van der Waals surface area (Å²) in [5.74, 6) is 0.890. The SMILES string of the molecule is C[S+](c1ccccc1)c1ccc(Oc2cccs2)cc1. The number of rotatable bonds is 4. The van der Waals surface area contributed by atoms with Gasteiger partial charge in [-0.2, -0.15) is 0 Å². The van der Waals surface area contributed by atoms with E-state index in [1.54, 1.807) is 11.3 Å². The lowest BCUT2D eigenvalue weighted by Gasteiger charge is -2.05. The van der Waals surface area contributed by atoms with E-state index in [9.17, 15) is 0 Å². The third kappa shape index (κ3) is 3.06. The molecule has 1 unspecified atom stereocenters. The number of ether oxygens (including phenoxy) is 1. The molecule has 0 aliphatic heterocycles. The number of hydrogen-bond donors (Lipinski definition) is 0. The van der Waals surface area contributed by atoms with Crippen LogP contribution in [0.1, 0.15) is 0 Å². The molecule has 0 amide bonds. The number of hydrogen-bond acceptors (Lipinski definition) is 2. The molecule has 0 aliphatic carbocycles. The van der Waals surface area contributed by atoms with E-state index in [4.69, 9.17) is 4.74 Å². The van der Waals surface area contributed by atoms with Crippen molar-refractivity contribution in [3.8, 4) is 10.8 Å². The molecule has 1 nitrogen and oxygen atoms in total. The van der Waals surface area contributed by atoms with Crippen molar-refractivity contribution in [3.05, 3.63) is 72.1 Å². The van der Waals surface area contributed by atoms with Gasteiger partial charge in [0.1, 0.15) is 12.0 Å². The minimum absolute atomic E-state index is 0.103. The van der Waals surface area contributed by atoms with Crippen LogP contribution in [0.25, 0.3) is 0 Å². The Bertz CT molecular complexity index is 645. The van der Waals surface area contributed by atoms with Crippen molar-refractivity contribution in [2.45, 2.75) is 9.79 Å². The first-order valence-corrected chi connectivity index (χ1v) is 8.86. The predicted octanol–water partition coefficient (Wildman–Crippen LogP) is 5.21. The van der Waals surface area contributed by atoms with Gasteiger partial charge in [0.15, 0.2) is 14.9 Å². The quantitative estimate of drug-likeness (QED) is 0.601. The van der Waals surface area contributed by atoms with Crippen molar-refractivity contribution in [1.29, 1.82) is 0 Å². The highest BCUT2D eigenvalue weighted by Crippen LogP contribution is 2.28. The Kier molecular flexibility index (Phi) is 4.09. The summed E-state index contributed by atoms with van der Waals surface area (Å²) in [6.45, 7) is 0. The van der Waals surface area contributed by atoms with Crippen LogP contribution < -0.4 is 4.74 Å². The van der Waals surface area contributed by atoms with Crippen LogP contribution in [0.2, 0.25) is 0 Å². The monoisotopic (exact) mass is 299 g/mol. The van der Waals surface area contributed by atoms with Gasteiger partial charge >= 0.3 is 0 Å². The Hall–Kier alpha value is -1.71. The van der Waals surface area contributed by atoms with E-state index >= 15 is 0 Å². The molecule has 3 aromatic rings. The van der Waals surface area contributed by atoms with Gasteiger partial charge in [0.05, 0.1) is 10.9 Å². The first kappa shape index (κ1) is 13.3. The molecular weight excluding hydrogens is 284 g/mol. The van der Waals surface area contributed by atoms with Gasteiger partial charge in [0, 0.05) is 0 Å². The molecular formula is C17H15OS2+. The van der Waals surface area contributed by atoms with Crippen LogP contribution in [-0.4, -0.2) is 6.26 Å². The first-order valence-electron chi connectivity index (χ1n) is 6.35. The maximum Gasteiger partial charge on any atom is 0.180 e. The van der Waals surface area contributed by atoms with E-state index in [1.165, 1.54) is 9.79 Å². The first-order chi connectivity index (χ1) is 9.83. The molecule has 100 valence electrons. The zero-order valence-electron chi connectivity index (χ0n) is 11.2. The van der Waals surface area contributed by atoms with Gasteiger partial charge in [-0.05, 0) is 53.9 Å². The molecule has 0 saturated carbocycles. The van der Waals surface area contributed by atoms with Gasteiger partial charge in [-0.15, -0.1) is 11.3 Å². The van der Waals surface area contributed by atoms with Crippen LogP contribution in [0.5, 0.6) is 10.8 Å². The highest BCUT2D eigenvalue weighted by atomic mass is 32.2. The van der Waals surface area contributed by atoms with Gasteiger partial charge in [0.2, 0.25) is 0 Å². The van der Waals surface area contributed by atoms with Crippen molar-refractivity contribution in [3.63, 3.8) is 0 Å². The summed E-state index contributed by atoms with van der Waals surface area (Å²) in [6.07, 6.45) is 2.25. The fourth-order valence-corrected chi connectivity index (χ4v) is 3.88. The van der Waals surface area contributed by atoms with E-state index in [2.05, 4.69) is 48.7 Å². The summed E-state index contributed by atoms with van der Waals surface area (Å²) in [6, 6.07) is 23.0. The maximum absolute atomic E-state index is 5.78. The predicted molar refractivity (Wildman–Crippen MR) is 87.1 cm³/mol. The van der Waals surface area contributed by atoms with E-state index < -0.39 is 0 Å². The van der Waals surface area contributed by atoms with Gasteiger partial charge in [-0.3, -0.25) is 0 Å². The zero-order chi connectivity index (χ0) is 13.8. The second-order valence-corrected chi connectivity index (χ2v) is 7.20. The van der Waals surface area contributed by atoms with Crippen LogP contribution in [0.15, 0.2) is 81.9 Å². The van der Waals surface area contributed by atoms with Gasteiger partial charge < -0.3 is 4.74 Å². The fourth-order valence-electron chi connectivity index (χ4n) is 1.91. The molecule has 0 saturated heterocycles. The summed E-state index contributed by atoms with van der Waals surface area (Å²) >= 11 is 1.60. The second-order valence-electron chi connectivity index (χ2n) is 4.33. The van der Waals surface area contributed by atoms with Crippen LogP contribution in [-0.2, 0) is 10.9 Å². The molecule has 0 N–H and O–H groups in total. The molecule has 0 spiro atoms. The minimum atomic E-state index is 0.103. The van der Waals surface area contributed by atoms with Crippen molar-refractivity contribution in [2.75, 3.05) is 6.26 Å². The Morgan fingerprint density at radius 1 is 0.800 bits per heavy atom. The fraction of sp³-hybridized carbons (Fsp3) is 0.0588. The molecule has 0 radical (unpaired) electrons. The Morgan fingerprint density at radius 3 is 2.15 bits per heavy atom. The summed E-state index contributed by atoms with van der Waals surface area (Å²) < 4.78 is 5.78. The van der Waals surface area contributed by atoms with Crippen LogP contribution in [0.4, 0.5) is 0 Å². The van der Waals surface area contributed by atoms with Crippen LogP contribution in [0, 0.1) is 0 Å². The standard InChI is InChI=1S/C17H15OS2/c1-20(15-6-3-2-4-7-15)16-11-9-14(10-12-16)18-17-8-5-13-19-17/h2-13H,1H3/q+1. The lowest BCUT2D eigenvalue weighted by atomic mass is 10.3. The Morgan fingerprint density at radius 2 is 1.50 bits per heavy atom. The van der Waals surface area contributed by atoms with Crippen molar-refractivity contribution < 1.29 is 4.74 Å². The molecule has 0 aliphatic rings. The average Bonchev–Trinajstić information content (AvgIpc) is 3.01. The van der Waals surface area contributed by atoms with Crippen molar-refractivity contribution in [1.82, 2.24) is 0 Å². The third-order valence-electron chi connectivity index (χ3n) is 2.99. The molecule has 1 heterocycles. The summed E-state index contributed by atoms with van der Waals surface area (Å²) in [5.41, 5.74) is 0. The average molecular weight is 299 g/mol. The van der Waals surface area contributed by atoms with E-state index in [0.29, 0.717) is 0 Å². The summed E-state index contributed by atoms with van der Waals surface area (Å²) in [5, 5.41) is 2.94. The lowest BCUT2D eigenvalue weighted by Crippen LogP contribution is -1.99. The highest BCUT2D eigenvalue weighted by molar-refractivity contribution is 7.96. The van der Waals surface area contributed by atoms with Crippen LogP contribution in [0.3, 0.4) is 0 Å². The van der Waals surface area contributed by atoms with Gasteiger partial charge in [-0.1, -0.05) is 18.2 Å². The minimum Gasteiger partial charge on any atom is -0.447 e. The maximum atomic E-state index is 5.78. The molecule has 2 aromatic carbocycles. The zero-order valence-corrected chi connectivity index (χ0v) is 12.8. The molecule has 20 heavy (non-hydrogen) atoms. The normalized spacial score (nSPS) is 12.1. The highest BCUT2D eigenvalue weighted by Gasteiger charge is 2.18. The van der Waals surface area contributed by atoms with Crippen molar-refractivity contribution in [2.24, 2.45) is 0 Å². The van der Waals surface area contributed by atoms with E-state index in [0.717, 1.165) is 10.8 Å². The smallest absolute Gasteiger partial charge is 0.180 e. The van der Waals surface area contributed by atoms with Crippen molar-refractivity contribution >= 4 is 22.2 Å². The van der Waals surface area contributed by atoms with Gasteiger partial charge in [0.25, 0.3) is 0 Å². The summed E-state index contributed by atoms with van der Waals surface area (Å²) in [7, 11) is 0.103.